The van der Waals surface area contributed by atoms with E-state index in [0.717, 1.165) is 29.4 Å². The van der Waals surface area contributed by atoms with Crippen molar-refractivity contribution in [2.45, 2.75) is 25.7 Å². The standard InChI is InChI=1S/C20H22N2OS/c1-6-13-22(14-7-1)15-12-16-8-2-4-10-18(16)23-20-21-17-9-3-5-11-19(17)24-20/h2-5,8-11H,1,6-7,12-15H2. The van der Waals surface area contributed by atoms with E-state index in [0.29, 0.717) is 0 Å². The predicted molar refractivity (Wildman–Crippen MR) is 100 cm³/mol. The minimum atomic E-state index is 0.724. The molecule has 0 spiro atoms. The van der Waals surface area contributed by atoms with Gasteiger partial charge in [-0.15, -0.1) is 0 Å². The van der Waals surface area contributed by atoms with Crippen LogP contribution in [-0.2, 0) is 6.42 Å². The Hall–Kier alpha value is -1.91. The van der Waals surface area contributed by atoms with E-state index in [4.69, 9.17) is 4.74 Å². The number of para-hydroxylation sites is 2. The highest BCUT2D eigenvalue weighted by Crippen LogP contribution is 2.32. The van der Waals surface area contributed by atoms with E-state index < -0.39 is 0 Å². The van der Waals surface area contributed by atoms with Gasteiger partial charge in [-0.05, 0) is 56.1 Å². The number of rotatable bonds is 5. The van der Waals surface area contributed by atoms with E-state index in [1.54, 1.807) is 11.3 Å². The third-order valence-corrected chi connectivity index (χ3v) is 5.50. The van der Waals surface area contributed by atoms with Crippen LogP contribution in [0.15, 0.2) is 48.5 Å². The van der Waals surface area contributed by atoms with Crippen molar-refractivity contribution in [2.75, 3.05) is 19.6 Å². The lowest BCUT2D eigenvalue weighted by molar-refractivity contribution is 0.231. The predicted octanol–water partition coefficient (Wildman–Crippen LogP) is 5.12. The summed E-state index contributed by atoms with van der Waals surface area (Å²) >= 11 is 1.60. The maximum absolute atomic E-state index is 6.12. The summed E-state index contributed by atoms with van der Waals surface area (Å²) in [7, 11) is 0. The first-order valence-electron chi connectivity index (χ1n) is 8.72. The molecule has 1 saturated heterocycles. The maximum Gasteiger partial charge on any atom is 0.279 e. The van der Waals surface area contributed by atoms with Crippen LogP contribution in [0.4, 0.5) is 0 Å². The molecule has 0 N–H and O–H groups in total. The Labute approximate surface area is 146 Å². The van der Waals surface area contributed by atoms with Gasteiger partial charge < -0.3 is 9.64 Å². The molecule has 4 heteroatoms. The van der Waals surface area contributed by atoms with Crippen molar-refractivity contribution in [3.8, 4) is 10.9 Å². The monoisotopic (exact) mass is 338 g/mol. The molecule has 24 heavy (non-hydrogen) atoms. The van der Waals surface area contributed by atoms with E-state index >= 15 is 0 Å². The summed E-state index contributed by atoms with van der Waals surface area (Å²) in [4.78, 5) is 7.15. The van der Waals surface area contributed by atoms with E-state index in [-0.39, 0.29) is 0 Å². The van der Waals surface area contributed by atoms with E-state index in [2.05, 4.69) is 34.1 Å². The Morgan fingerprint density at radius 1 is 0.958 bits per heavy atom. The number of aromatic nitrogens is 1. The second-order valence-electron chi connectivity index (χ2n) is 6.31. The zero-order valence-electron chi connectivity index (χ0n) is 13.8. The fraction of sp³-hybridized carbons (Fsp3) is 0.350. The number of ether oxygens (including phenoxy) is 1. The van der Waals surface area contributed by atoms with Crippen molar-refractivity contribution in [3.63, 3.8) is 0 Å². The fourth-order valence-electron chi connectivity index (χ4n) is 3.26. The molecule has 0 unspecified atom stereocenters. The summed E-state index contributed by atoms with van der Waals surface area (Å²) in [5.74, 6) is 0.938. The summed E-state index contributed by atoms with van der Waals surface area (Å²) in [5.41, 5.74) is 2.27. The highest BCUT2D eigenvalue weighted by molar-refractivity contribution is 7.20. The van der Waals surface area contributed by atoms with Crippen LogP contribution in [0.1, 0.15) is 24.8 Å². The van der Waals surface area contributed by atoms with Gasteiger partial charge >= 0.3 is 0 Å². The van der Waals surface area contributed by atoms with Crippen LogP contribution in [0, 0.1) is 0 Å². The molecular weight excluding hydrogens is 316 g/mol. The number of fused-ring (bicyclic) bond motifs is 1. The molecule has 0 radical (unpaired) electrons. The van der Waals surface area contributed by atoms with Gasteiger partial charge in [0.25, 0.3) is 5.19 Å². The van der Waals surface area contributed by atoms with Gasteiger partial charge in [0.1, 0.15) is 5.75 Å². The van der Waals surface area contributed by atoms with Crippen molar-refractivity contribution in [1.29, 1.82) is 0 Å². The van der Waals surface area contributed by atoms with Crippen molar-refractivity contribution in [1.82, 2.24) is 9.88 Å². The van der Waals surface area contributed by atoms with Crippen molar-refractivity contribution < 1.29 is 4.74 Å². The van der Waals surface area contributed by atoms with Crippen molar-refractivity contribution in [3.05, 3.63) is 54.1 Å². The van der Waals surface area contributed by atoms with Crippen LogP contribution < -0.4 is 4.74 Å². The summed E-state index contributed by atoms with van der Waals surface area (Å²) in [6.45, 7) is 3.59. The molecule has 1 fully saturated rings. The van der Waals surface area contributed by atoms with Crippen LogP contribution in [0.2, 0.25) is 0 Å². The lowest BCUT2D eigenvalue weighted by Crippen LogP contribution is -2.31. The first-order chi connectivity index (χ1) is 11.9. The van der Waals surface area contributed by atoms with Gasteiger partial charge in [0, 0.05) is 6.54 Å². The number of nitrogens with zero attached hydrogens (tertiary/aromatic N) is 2. The first kappa shape index (κ1) is 15.6. The number of likely N-dealkylation sites (tertiary alicyclic amines) is 1. The molecule has 124 valence electrons. The minimum Gasteiger partial charge on any atom is -0.431 e. The molecule has 4 rings (SSSR count). The quantitative estimate of drug-likeness (QED) is 0.646. The summed E-state index contributed by atoms with van der Waals surface area (Å²) in [6, 6.07) is 16.5. The smallest absolute Gasteiger partial charge is 0.279 e. The molecule has 0 saturated carbocycles. The van der Waals surface area contributed by atoms with Crippen molar-refractivity contribution in [2.24, 2.45) is 0 Å². The minimum absolute atomic E-state index is 0.724. The molecular formula is C20H22N2OS. The topological polar surface area (TPSA) is 25.4 Å². The molecule has 1 aromatic heterocycles. The third kappa shape index (κ3) is 3.60. The second-order valence-corrected chi connectivity index (χ2v) is 7.30. The second kappa shape index (κ2) is 7.32. The zero-order chi connectivity index (χ0) is 16.2. The molecule has 0 bridgehead atoms. The van der Waals surface area contributed by atoms with E-state index in [1.165, 1.54) is 42.6 Å². The van der Waals surface area contributed by atoms with Gasteiger partial charge in [-0.1, -0.05) is 48.1 Å². The van der Waals surface area contributed by atoms with Crippen LogP contribution >= 0.6 is 11.3 Å². The molecule has 3 nitrogen and oxygen atoms in total. The Bertz CT molecular complexity index is 775. The van der Waals surface area contributed by atoms with Crippen LogP contribution in [-0.4, -0.2) is 29.5 Å². The van der Waals surface area contributed by atoms with Crippen LogP contribution in [0.5, 0.6) is 10.9 Å². The number of piperidine rings is 1. The SMILES string of the molecule is c1ccc(Oc2nc3ccccc3s2)c(CCN2CCCCC2)c1. The molecule has 2 heterocycles. The number of benzene rings is 2. The number of hydrogen-bond donors (Lipinski definition) is 0. The number of hydrogen-bond acceptors (Lipinski definition) is 4. The van der Waals surface area contributed by atoms with Gasteiger partial charge in [-0.3, -0.25) is 0 Å². The molecule has 2 aromatic carbocycles. The van der Waals surface area contributed by atoms with Crippen molar-refractivity contribution >= 4 is 21.6 Å². The fourth-order valence-corrected chi connectivity index (χ4v) is 4.09. The van der Waals surface area contributed by atoms with Gasteiger partial charge in [-0.2, -0.15) is 0 Å². The van der Waals surface area contributed by atoms with Gasteiger partial charge in [0.15, 0.2) is 0 Å². The molecule has 0 amide bonds. The Morgan fingerprint density at radius 3 is 2.62 bits per heavy atom. The van der Waals surface area contributed by atoms with E-state index in [9.17, 15) is 0 Å². The molecule has 1 aliphatic heterocycles. The van der Waals surface area contributed by atoms with Crippen LogP contribution in [0.25, 0.3) is 10.2 Å². The van der Waals surface area contributed by atoms with Gasteiger partial charge in [0.2, 0.25) is 0 Å². The lowest BCUT2D eigenvalue weighted by Gasteiger charge is -2.26. The molecule has 0 atom stereocenters. The highest BCUT2D eigenvalue weighted by atomic mass is 32.1. The first-order valence-corrected chi connectivity index (χ1v) is 9.54. The van der Waals surface area contributed by atoms with Gasteiger partial charge in [-0.25, -0.2) is 4.98 Å². The zero-order valence-corrected chi connectivity index (χ0v) is 14.6. The summed E-state index contributed by atoms with van der Waals surface area (Å²) in [5, 5.41) is 0.724. The largest absolute Gasteiger partial charge is 0.431 e. The van der Waals surface area contributed by atoms with E-state index in [1.807, 2.05) is 24.3 Å². The lowest BCUT2D eigenvalue weighted by atomic mass is 10.1. The van der Waals surface area contributed by atoms with Crippen LogP contribution in [0.3, 0.4) is 0 Å². The molecule has 1 aliphatic rings. The number of thiazole rings is 1. The summed E-state index contributed by atoms with van der Waals surface area (Å²) < 4.78 is 7.29. The Balaban J connectivity index is 1.48. The molecule has 3 aromatic rings. The normalized spacial score (nSPS) is 15.7. The van der Waals surface area contributed by atoms with Gasteiger partial charge in [0.05, 0.1) is 10.2 Å². The Kier molecular flexibility index (Phi) is 4.76. The summed E-state index contributed by atoms with van der Waals surface area (Å²) in [6.07, 6.45) is 5.09. The average Bonchev–Trinajstić information content (AvgIpc) is 3.04. The maximum atomic E-state index is 6.12. The Morgan fingerprint density at radius 2 is 1.75 bits per heavy atom. The third-order valence-electron chi connectivity index (χ3n) is 4.59. The highest BCUT2D eigenvalue weighted by Gasteiger charge is 2.12. The molecule has 0 aliphatic carbocycles. The average molecular weight is 338 g/mol.